The topological polar surface area (TPSA) is 115 Å². The molecule has 0 aromatic heterocycles. The van der Waals surface area contributed by atoms with Gasteiger partial charge in [0.1, 0.15) is 6.10 Å². The summed E-state index contributed by atoms with van der Waals surface area (Å²) in [6.07, 6.45) is -3.37. The molecule has 6 heteroatoms. The number of hydrogen-bond acceptors (Lipinski definition) is 4. The standard InChI is InChI=1S/C12H14O6/c1-6-4-7(2-3-8(6)12(17)18)11(16)9(13)5-10(14)15/h2-4,9,11,13,16H,5H2,1H3,(H,14,15)(H,17,18). The van der Waals surface area contributed by atoms with Gasteiger partial charge >= 0.3 is 11.9 Å². The van der Waals surface area contributed by atoms with Crippen molar-refractivity contribution in [1.82, 2.24) is 0 Å². The summed E-state index contributed by atoms with van der Waals surface area (Å²) in [7, 11) is 0. The lowest BCUT2D eigenvalue weighted by molar-refractivity contribution is -0.141. The van der Waals surface area contributed by atoms with Crippen molar-refractivity contribution in [1.29, 1.82) is 0 Å². The SMILES string of the molecule is Cc1cc(C(O)C(O)CC(=O)O)ccc1C(=O)O. The third-order valence-corrected chi connectivity index (χ3v) is 2.57. The molecule has 0 aliphatic rings. The van der Waals surface area contributed by atoms with Gasteiger partial charge in [-0.15, -0.1) is 0 Å². The van der Waals surface area contributed by atoms with Gasteiger partial charge in [-0.2, -0.15) is 0 Å². The molecule has 0 saturated carbocycles. The van der Waals surface area contributed by atoms with Gasteiger partial charge in [-0.3, -0.25) is 4.79 Å². The molecule has 0 spiro atoms. The fourth-order valence-electron chi connectivity index (χ4n) is 1.62. The van der Waals surface area contributed by atoms with E-state index in [0.29, 0.717) is 5.56 Å². The van der Waals surface area contributed by atoms with Gasteiger partial charge in [0.15, 0.2) is 0 Å². The van der Waals surface area contributed by atoms with Crippen LogP contribution in [0.4, 0.5) is 0 Å². The van der Waals surface area contributed by atoms with E-state index in [0.717, 1.165) is 0 Å². The van der Waals surface area contributed by atoms with E-state index >= 15 is 0 Å². The largest absolute Gasteiger partial charge is 0.481 e. The Morgan fingerprint density at radius 1 is 1.22 bits per heavy atom. The third-order valence-electron chi connectivity index (χ3n) is 2.57. The lowest BCUT2D eigenvalue weighted by Crippen LogP contribution is -2.22. The normalized spacial score (nSPS) is 13.9. The fourth-order valence-corrected chi connectivity index (χ4v) is 1.62. The number of hydrogen-bond donors (Lipinski definition) is 4. The molecule has 2 atom stereocenters. The number of benzene rings is 1. The molecule has 18 heavy (non-hydrogen) atoms. The van der Waals surface area contributed by atoms with Gasteiger partial charge < -0.3 is 20.4 Å². The number of aromatic carboxylic acids is 1. The Morgan fingerprint density at radius 2 is 1.83 bits per heavy atom. The average molecular weight is 254 g/mol. The maximum Gasteiger partial charge on any atom is 0.335 e. The van der Waals surface area contributed by atoms with Crippen LogP contribution in [0.3, 0.4) is 0 Å². The third kappa shape index (κ3) is 3.28. The maximum atomic E-state index is 10.8. The van der Waals surface area contributed by atoms with Crippen molar-refractivity contribution in [3.8, 4) is 0 Å². The summed E-state index contributed by atoms with van der Waals surface area (Å²) in [5, 5.41) is 36.5. The number of aliphatic carboxylic acids is 1. The smallest absolute Gasteiger partial charge is 0.335 e. The van der Waals surface area contributed by atoms with Crippen molar-refractivity contribution in [2.24, 2.45) is 0 Å². The quantitative estimate of drug-likeness (QED) is 0.610. The molecule has 0 bridgehead atoms. The summed E-state index contributed by atoms with van der Waals surface area (Å²) in [5.74, 6) is -2.31. The highest BCUT2D eigenvalue weighted by Crippen LogP contribution is 2.21. The Kier molecular flexibility index (Phi) is 4.41. The zero-order chi connectivity index (χ0) is 13.9. The summed E-state index contributed by atoms with van der Waals surface area (Å²) in [6.45, 7) is 1.56. The number of carbonyl (C=O) groups is 2. The Balaban J connectivity index is 2.93. The molecular formula is C12H14O6. The predicted octanol–water partition coefficient (Wildman–Crippen LogP) is 0.562. The zero-order valence-corrected chi connectivity index (χ0v) is 9.70. The minimum Gasteiger partial charge on any atom is -0.481 e. The van der Waals surface area contributed by atoms with Crippen LogP contribution in [-0.2, 0) is 4.79 Å². The number of carboxylic acid groups (broad SMARTS) is 2. The minimum absolute atomic E-state index is 0.0960. The second-order valence-electron chi connectivity index (χ2n) is 3.99. The van der Waals surface area contributed by atoms with Crippen LogP contribution in [0.25, 0.3) is 0 Å². The van der Waals surface area contributed by atoms with Crippen molar-refractivity contribution < 1.29 is 30.0 Å². The number of aliphatic hydroxyl groups excluding tert-OH is 2. The molecule has 1 rings (SSSR count). The van der Waals surface area contributed by atoms with Crippen LogP contribution in [0.5, 0.6) is 0 Å². The Morgan fingerprint density at radius 3 is 2.28 bits per heavy atom. The van der Waals surface area contributed by atoms with E-state index in [2.05, 4.69) is 0 Å². The van der Waals surface area contributed by atoms with E-state index in [-0.39, 0.29) is 11.1 Å². The van der Waals surface area contributed by atoms with Gasteiger partial charge in [-0.1, -0.05) is 12.1 Å². The highest BCUT2D eigenvalue weighted by molar-refractivity contribution is 5.89. The highest BCUT2D eigenvalue weighted by atomic mass is 16.4. The lowest BCUT2D eigenvalue weighted by Gasteiger charge is -2.17. The molecule has 98 valence electrons. The molecule has 0 saturated heterocycles. The van der Waals surface area contributed by atoms with E-state index in [1.165, 1.54) is 18.2 Å². The van der Waals surface area contributed by atoms with E-state index in [9.17, 15) is 19.8 Å². The summed E-state index contributed by atoms with van der Waals surface area (Å²) in [5.41, 5.74) is 0.812. The molecular weight excluding hydrogens is 240 g/mol. The molecule has 0 aliphatic heterocycles. The second kappa shape index (κ2) is 5.61. The summed E-state index contributed by atoms with van der Waals surface area (Å²) in [6, 6.07) is 4.08. The average Bonchev–Trinajstić information content (AvgIpc) is 2.26. The van der Waals surface area contributed by atoms with Crippen molar-refractivity contribution >= 4 is 11.9 Å². The number of carboxylic acids is 2. The fraction of sp³-hybridized carbons (Fsp3) is 0.333. The molecule has 4 N–H and O–H groups in total. The molecule has 1 aromatic rings. The monoisotopic (exact) mass is 254 g/mol. The van der Waals surface area contributed by atoms with Crippen molar-refractivity contribution in [2.45, 2.75) is 25.6 Å². The van der Waals surface area contributed by atoms with E-state index in [1.54, 1.807) is 6.92 Å². The van der Waals surface area contributed by atoms with Crippen LogP contribution < -0.4 is 0 Å². The minimum atomic E-state index is -1.43. The van der Waals surface area contributed by atoms with Crippen molar-refractivity contribution in [2.75, 3.05) is 0 Å². The number of aryl methyl sites for hydroxylation is 1. The first kappa shape index (κ1) is 14.1. The first-order chi connectivity index (χ1) is 8.32. The summed E-state index contributed by atoms with van der Waals surface area (Å²) >= 11 is 0. The summed E-state index contributed by atoms with van der Waals surface area (Å²) < 4.78 is 0. The van der Waals surface area contributed by atoms with Crippen LogP contribution in [0, 0.1) is 6.92 Å². The Bertz CT molecular complexity index is 468. The van der Waals surface area contributed by atoms with Gasteiger partial charge in [0.2, 0.25) is 0 Å². The van der Waals surface area contributed by atoms with Crippen LogP contribution in [0.1, 0.15) is 34.0 Å². The molecule has 0 aliphatic carbocycles. The van der Waals surface area contributed by atoms with E-state index in [1.807, 2.05) is 0 Å². The molecule has 0 amide bonds. The van der Waals surface area contributed by atoms with Gasteiger partial charge in [0, 0.05) is 0 Å². The van der Waals surface area contributed by atoms with Gasteiger partial charge in [0.05, 0.1) is 18.1 Å². The molecule has 0 radical (unpaired) electrons. The van der Waals surface area contributed by atoms with E-state index < -0.39 is 30.6 Å². The molecule has 2 unspecified atom stereocenters. The van der Waals surface area contributed by atoms with Crippen molar-refractivity contribution in [3.63, 3.8) is 0 Å². The maximum absolute atomic E-state index is 10.8. The van der Waals surface area contributed by atoms with Gasteiger partial charge in [-0.05, 0) is 24.1 Å². The first-order valence-corrected chi connectivity index (χ1v) is 5.24. The number of rotatable bonds is 5. The van der Waals surface area contributed by atoms with Crippen LogP contribution in [-0.4, -0.2) is 38.5 Å². The molecule has 0 fully saturated rings. The Labute approximate surface area is 103 Å². The molecule has 6 nitrogen and oxygen atoms in total. The predicted molar refractivity (Wildman–Crippen MR) is 61.4 cm³/mol. The van der Waals surface area contributed by atoms with E-state index in [4.69, 9.17) is 10.2 Å². The van der Waals surface area contributed by atoms with Crippen molar-refractivity contribution in [3.05, 3.63) is 34.9 Å². The second-order valence-corrected chi connectivity index (χ2v) is 3.99. The lowest BCUT2D eigenvalue weighted by atomic mass is 9.98. The van der Waals surface area contributed by atoms with Crippen LogP contribution >= 0.6 is 0 Å². The highest BCUT2D eigenvalue weighted by Gasteiger charge is 2.22. The number of aliphatic hydroxyl groups is 2. The Hall–Kier alpha value is -1.92. The zero-order valence-electron chi connectivity index (χ0n) is 9.70. The molecule has 0 heterocycles. The first-order valence-electron chi connectivity index (χ1n) is 5.24. The summed E-state index contributed by atoms with van der Waals surface area (Å²) in [4.78, 5) is 21.2. The van der Waals surface area contributed by atoms with Gasteiger partial charge in [0.25, 0.3) is 0 Å². The van der Waals surface area contributed by atoms with Crippen LogP contribution in [0.15, 0.2) is 18.2 Å². The molecule has 1 aromatic carbocycles. The van der Waals surface area contributed by atoms with Gasteiger partial charge in [-0.25, -0.2) is 4.79 Å². The van der Waals surface area contributed by atoms with Crippen LogP contribution in [0.2, 0.25) is 0 Å².